The van der Waals surface area contributed by atoms with Crippen molar-refractivity contribution in [3.63, 3.8) is 0 Å². The van der Waals surface area contributed by atoms with Gasteiger partial charge in [0.05, 0.1) is 6.61 Å². The molecule has 1 atom stereocenters. The lowest BCUT2D eigenvalue weighted by molar-refractivity contribution is -0.200. The highest BCUT2D eigenvalue weighted by Gasteiger charge is 2.58. The van der Waals surface area contributed by atoms with Gasteiger partial charge in [-0.15, -0.1) is 0 Å². The van der Waals surface area contributed by atoms with Gasteiger partial charge in [-0.3, -0.25) is 0 Å². The van der Waals surface area contributed by atoms with Crippen LogP contribution in [0, 0.1) is 0 Å². The summed E-state index contributed by atoms with van der Waals surface area (Å²) in [6.45, 7) is -0.868. The lowest BCUT2D eigenvalue weighted by Crippen LogP contribution is -2.43. The second-order valence-corrected chi connectivity index (χ2v) is 3.90. The molecule has 0 amide bonds. The van der Waals surface area contributed by atoms with Crippen molar-refractivity contribution in [2.45, 2.75) is 24.4 Å². The second-order valence-electron chi connectivity index (χ2n) is 3.90. The van der Waals surface area contributed by atoms with E-state index in [1.807, 2.05) is 0 Å². The first kappa shape index (κ1) is 10.5. The molecule has 2 rings (SSSR count). The van der Waals surface area contributed by atoms with Crippen LogP contribution in [-0.2, 0) is 11.8 Å². The third kappa shape index (κ3) is 1.35. The van der Waals surface area contributed by atoms with Crippen LogP contribution in [0.4, 0.5) is 13.2 Å². The van der Waals surface area contributed by atoms with Gasteiger partial charge >= 0.3 is 6.18 Å². The van der Waals surface area contributed by atoms with E-state index in [0.29, 0.717) is 12.0 Å². The third-order valence-corrected chi connectivity index (χ3v) is 3.17. The largest absolute Gasteiger partial charge is 0.400 e. The Hall–Kier alpha value is -1.03. The van der Waals surface area contributed by atoms with Crippen LogP contribution in [0.1, 0.15) is 17.5 Å². The average molecular weight is 216 g/mol. The van der Waals surface area contributed by atoms with Crippen LogP contribution in [0.15, 0.2) is 24.3 Å². The number of aryl methyl sites for hydroxylation is 1. The molecule has 0 heterocycles. The summed E-state index contributed by atoms with van der Waals surface area (Å²) in [6, 6.07) is 6.47. The fraction of sp³-hybridized carbons (Fsp3) is 0.455. The van der Waals surface area contributed by atoms with Gasteiger partial charge in [0.25, 0.3) is 0 Å². The summed E-state index contributed by atoms with van der Waals surface area (Å²) < 4.78 is 38.8. The number of hydrogen-bond donors (Lipinski definition) is 1. The van der Waals surface area contributed by atoms with E-state index in [1.165, 1.54) is 6.07 Å². The van der Waals surface area contributed by atoms with E-state index < -0.39 is 18.2 Å². The lowest BCUT2D eigenvalue weighted by atomic mass is 9.82. The third-order valence-electron chi connectivity index (χ3n) is 3.17. The van der Waals surface area contributed by atoms with Crippen LogP contribution in [0.25, 0.3) is 0 Å². The molecule has 1 unspecified atom stereocenters. The van der Waals surface area contributed by atoms with Crippen molar-refractivity contribution < 1.29 is 18.3 Å². The molecule has 1 aromatic rings. The first-order valence-electron chi connectivity index (χ1n) is 4.77. The molecule has 1 aromatic carbocycles. The molecule has 1 aliphatic carbocycles. The van der Waals surface area contributed by atoms with Crippen LogP contribution in [0.3, 0.4) is 0 Å². The highest BCUT2D eigenvalue weighted by Crippen LogP contribution is 2.49. The molecule has 4 heteroatoms. The topological polar surface area (TPSA) is 20.2 Å². The van der Waals surface area contributed by atoms with Gasteiger partial charge in [-0.1, -0.05) is 24.3 Å². The monoisotopic (exact) mass is 216 g/mol. The van der Waals surface area contributed by atoms with E-state index in [0.717, 1.165) is 0 Å². The predicted molar refractivity (Wildman–Crippen MR) is 49.6 cm³/mol. The van der Waals surface area contributed by atoms with Crippen molar-refractivity contribution in [3.8, 4) is 0 Å². The summed E-state index contributed by atoms with van der Waals surface area (Å²) in [5.41, 5.74) is -1.10. The number of hydrogen-bond acceptors (Lipinski definition) is 1. The normalized spacial score (nSPS) is 25.3. The summed E-state index contributed by atoms with van der Waals surface area (Å²) >= 11 is 0. The maximum atomic E-state index is 12.9. The van der Waals surface area contributed by atoms with Gasteiger partial charge in [0.15, 0.2) is 0 Å². The van der Waals surface area contributed by atoms with E-state index in [1.54, 1.807) is 18.2 Å². The van der Waals surface area contributed by atoms with Crippen LogP contribution < -0.4 is 0 Å². The van der Waals surface area contributed by atoms with Gasteiger partial charge < -0.3 is 5.11 Å². The summed E-state index contributed by atoms with van der Waals surface area (Å²) in [5, 5.41) is 9.08. The zero-order chi connectivity index (χ0) is 11.1. The summed E-state index contributed by atoms with van der Waals surface area (Å²) in [5.74, 6) is 0. The Kier molecular flexibility index (Phi) is 2.26. The molecule has 0 aliphatic heterocycles. The number of aliphatic hydroxyl groups excluding tert-OH is 1. The van der Waals surface area contributed by atoms with E-state index >= 15 is 0 Å². The standard InChI is InChI=1S/C11H11F3O/c12-11(13,14)10(7-15)6-5-8-3-1-2-4-9(8)10/h1-4,15H,5-7H2. The highest BCUT2D eigenvalue weighted by atomic mass is 19.4. The zero-order valence-corrected chi connectivity index (χ0v) is 8.01. The number of fused-ring (bicyclic) bond motifs is 1. The Morgan fingerprint density at radius 2 is 1.93 bits per heavy atom. The summed E-state index contributed by atoms with van der Waals surface area (Å²) in [6.07, 6.45) is -4.04. The lowest BCUT2D eigenvalue weighted by Gasteiger charge is -2.30. The van der Waals surface area contributed by atoms with Crippen molar-refractivity contribution in [1.82, 2.24) is 0 Å². The predicted octanol–water partition coefficient (Wildman–Crippen LogP) is 2.43. The van der Waals surface area contributed by atoms with Gasteiger partial charge in [-0.25, -0.2) is 0 Å². The molecular formula is C11H11F3O. The van der Waals surface area contributed by atoms with E-state index in [4.69, 9.17) is 5.11 Å². The summed E-state index contributed by atoms with van der Waals surface area (Å²) in [4.78, 5) is 0. The van der Waals surface area contributed by atoms with Crippen molar-refractivity contribution in [2.24, 2.45) is 0 Å². The number of benzene rings is 1. The Morgan fingerprint density at radius 3 is 2.53 bits per heavy atom. The number of halogens is 3. The second kappa shape index (κ2) is 3.23. The Morgan fingerprint density at radius 1 is 1.27 bits per heavy atom. The molecule has 0 saturated heterocycles. The molecule has 1 N–H and O–H groups in total. The number of rotatable bonds is 1. The fourth-order valence-corrected chi connectivity index (χ4v) is 2.24. The quantitative estimate of drug-likeness (QED) is 0.764. The molecule has 15 heavy (non-hydrogen) atoms. The maximum absolute atomic E-state index is 12.9. The van der Waals surface area contributed by atoms with Gasteiger partial charge in [0.1, 0.15) is 5.41 Å². The molecule has 1 aliphatic rings. The minimum absolute atomic E-state index is 0.0493. The Balaban J connectivity index is 2.56. The minimum Gasteiger partial charge on any atom is -0.395 e. The summed E-state index contributed by atoms with van der Waals surface area (Å²) in [7, 11) is 0. The van der Waals surface area contributed by atoms with Crippen molar-refractivity contribution in [2.75, 3.05) is 6.61 Å². The van der Waals surface area contributed by atoms with Gasteiger partial charge in [0.2, 0.25) is 0 Å². The molecule has 82 valence electrons. The zero-order valence-electron chi connectivity index (χ0n) is 8.01. The molecule has 0 fully saturated rings. The van der Waals surface area contributed by atoms with Crippen LogP contribution in [-0.4, -0.2) is 17.9 Å². The highest BCUT2D eigenvalue weighted by molar-refractivity contribution is 5.41. The van der Waals surface area contributed by atoms with E-state index in [2.05, 4.69) is 0 Å². The smallest absolute Gasteiger partial charge is 0.395 e. The molecule has 0 spiro atoms. The maximum Gasteiger partial charge on any atom is 0.400 e. The van der Waals surface area contributed by atoms with Crippen LogP contribution >= 0.6 is 0 Å². The van der Waals surface area contributed by atoms with Crippen LogP contribution in [0.2, 0.25) is 0 Å². The molecule has 0 aromatic heterocycles. The van der Waals surface area contributed by atoms with Crippen molar-refractivity contribution in [3.05, 3.63) is 35.4 Å². The molecule has 0 bridgehead atoms. The molecular weight excluding hydrogens is 205 g/mol. The Bertz CT molecular complexity index is 372. The van der Waals surface area contributed by atoms with E-state index in [-0.39, 0.29) is 12.0 Å². The average Bonchev–Trinajstić information content (AvgIpc) is 2.56. The molecule has 0 radical (unpaired) electrons. The SMILES string of the molecule is OCC1(C(F)(F)F)CCc2ccccc21. The minimum atomic E-state index is -4.38. The first-order chi connectivity index (χ1) is 7.01. The van der Waals surface area contributed by atoms with Gasteiger partial charge in [-0.05, 0) is 24.0 Å². The number of alkyl halides is 3. The van der Waals surface area contributed by atoms with Gasteiger partial charge in [0, 0.05) is 0 Å². The first-order valence-corrected chi connectivity index (χ1v) is 4.77. The van der Waals surface area contributed by atoms with E-state index in [9.17, 15) is 13.2 Å². The van der Waals surface area contributed by atoms with Gasteiger partial charge in [-0.2, -0.15) is 13.2 Å². The fourth-order valence-electron chi connectivity index (χ4n) is 2.24. The van der Waals surface area contributed by atoms with Crippen molar-refractivity contribution in [1.29, 1.82) is 0 Å². The van der Waals surface area contributed by atoms with Crippen molar-refractivity contribution >= 4 is 0 Å². The molecule has 1 nitrogen and oxygen atoms in total. The molecule has 0 saturated carbocycles. The number of aliphatic hydroxyl groups is 1. The van der Waals surface area contributed by atoms with Crippen LogP contribution in [0.5, 0.6) is 0 Å². The Labute approximate surface area is 85.5 Å².